The molecule has 0 saturated carbocycles. The van der Waals surface area contributed by atoms with Crippen molar-refractivity contribution in [3.05, 3.63) is 0 Å². The highest BCUT2D eigenvalue weighted by atomic mass is 16.5. The molecule has 0 radical (unpaired) electrons. The predicted octanol–water partition coefficient (Wildman–Crippen LogP) is -0.345. The molecule has 120 valence electrons. The lowest BCUT2D eigenvalue weighted by atomic mass is 10.1. The fraction of sp³-hybridized carbons (Fsp3) is 0.786. The number of amides is 2. The predicted molar refractivity (Wildman–Crippen MR) is 77.5 cm³/mol. The molecule has 1 aliphatic rings. The average molecular weight is 299 g/mol. The Kier molecular flexibility index (Phi) is 7.14. The van der Waals surface area contributed by atoms with Gasteiger partial charge in [0.15, 0.2) is 0 Å². The lowest BCUT2D eigenvalue weighted by molar-refractivity contribution is -0.146. The highest BCUT2D eigenvalue weighted by Crippen LogP contribution is 2.09. The molecule has 7 heteroatoms. The van der Waals surface area contributed by atoms with Crippen molar-refractivity contribution in [1.29, 1.82) is 0 Å². The van der Waals surface area contributed by atoms with Crippen molar-refractivity contribution >= 4 is 17.8 Å². The van der Waals surface area contributed by atoms with Crippen molar-refractivity contribution < 1.29 is 19.1 Å². The molecule has 0 bridgehead atoms. The second-order valence-corrected chi connectivity index (χ2v) is 5.31. The van der Waals surface area contributed by atoms with Crippen molar-refractivity contribution in [3.63, 3.8) is 0 Å². The molecule has 1 saturated heterocycles. The molecular weight excluding hydrogens is 274 g/mol. The van der Waals surface area contributed by atoms with Crippen LogP contribution < -0.4 is 10.6 Å². The van der Waals surface area contributed by atoms with Crippen molar-refractivity contribution in [2.45, 2.75) is 45.2 Å². The standard InChI is InChI=1S/C14H25N3O4/c1-4-5-10(2)16-12(18)9-17-7-6-15-14(20)11(17)8-13(19)21-3/h10-11H,4-9H2,1-3H3,(H,15,20)(H,16,18)/t10-,11+/m1/s1. The second-order valence-electron chi connectivity index (χ2n) is 5.31. The van der Waals surface area contributed by atoms with E-state index in [4.69, 9.17) is 0 Å². The van der Waals surface area contributed by atoms with E-state index >= 15 is 0 Å². The van der Waals surface area contributed by atoms with Gasteiger partial charge in [0.25, 0.3) is 0 Å². The van der Waals surface area contributed by atoms with Crippen LogP contribution in [0.4, 0.5) is 0 Å². The van der Waals surface area contributed by atoms with Gasteiger partial charge in [-0.2, -0.15) is 0 Å². The molecule has 2 amide bonds. The maximum atomic E-state index is 12.0. The molecule has 0 spiro atoms. The Morgan fingerprint density at radius 2 is 2.24 bits per heavy atom. The van der Waals surface area contributed by atoms with Crippen LogP contribution in [0, 0.1) is 0 Å². The van der Waals surface area contributed by atoms with Crippen molar-refractivity contribution in [3.8, 4) is 0 Å². The fourth-order valence-electron chi connectivity index (χ4n) is 2.42. The van der Waals surface area contributed by atoms with E-state index in [0.717, 1.165) is 12.8 Å². The molecular formula is C14H25N3O4. The Hall–Kier alpha value is -1.63. The Bertz CT molecular complexity index is 386. The zero-order valence-corrected chi connectivity index (χ0v) is 13.0. The Labute approximate surface area is 125 Å². The van der Waals surface area contributed by atoms with Gasteiger partial charge in [-0.15, -0.1) is 0 Å². The lowest BCUT2D eigenvalue weighted by Gasteiger charge is -2.34. The van der Waals surface area contributed by atoms with Crippen molar-refractivity contribution in [2.24, 2.45) is 0 Å². The second kappa shape index (κ2) is 8.61. The van der Waals surface area contributed by atoms with Crippen molar-refractivity contribution in [2.75, 3.05) is 26.7 Å². The molecule has 2 atom stereocenters. The maximum Gasteiger partial charge on any atom is 0.307 e. The third-order valence-electron chi connectivity index (χ3n) is 3.51. The van der Waals surface area contributed by atoms with Crippen LogP contribution in [0.15, 0.2) is 0 Å². The van der Waals surface area contributed by atoms with Gasteiger partial charge in [-0.1, -0.05) is 13.3 Å². The normalized spacial score (nSPS) is 20.5. The number of hydrogen-bond acceptors (Lipinski definition) is 5. The summed E-state index contributed by atoms with van der Waals surface area (Å²) in [6.45, 7) is 5.15. The molecule has 1 fully saturated rings. The molecule has 0 aromatic heterocycles. The molecule has 7 nitrogen and oxygen atoms in total. The van der Waals surface area contributed by atoms with E-state index in [-0.39, 0.29) is 30.8 Å². The summed E-state index contributed by atoms with van der Waals surface area (Å²) in [5.74, 6) is -0.816. The van der Waals surface area contributed by atoms with Gasteiger partial charge < -0.3 is 15.4 Å². The zero-order valence-electron chi connectivity index (χ0n) is 13.0. The van der Waals surface area contributed by atoms with Gasteiger partial charge in [0.1, 0.15) is 6.04 Å². The van der Waals surface area contributed by atoms with E-state index in [1.165, 1.54) is 7.11 Å². The number of nitrogens with zero attached hydrogens (tertiary/aromatic N) is 1. The highest BCUT2D eigenvalue weighted by Gasteiger charge is 2.33. The van der Waals surface area contributed by atoms with Gasteiger partial charge in [0.05, 0.1) is 20.1 Å². The summed E-state index contributed by atoms with van der Waals surface area (Å²) in [4.78, 5) is 37.0. The molecule has 2 N–H and O–H groups in total. The van der Waals surface area contributed by atoms with Gasteiger partial charge in [0.2, 0.25) is 11.8 Å². The van der Waals surface area contributed by atoms with Gasteiger partial charge >= 0.3 is 5.97 Å². The van der Waals surface area contributed by atoms with E-state index in [2.05, 4.69) is 22.3 Å². The average Bonchev–Trinajstić information content (AvgIpc) is 2.42. The highest BCUT2D eigenvalue weighted by molar-refractivity contribution is 5.88. The number of carbonyl (C=O) groups excluding carboxylic acids is 3. The summed E-state index contributed by atoms with van der Waals surface area (Å²) in [7, 11) is 1.28. The smallest absolute Gasteiger partial charge is 0.307 e. The van der Waals surface area contributed by atoms with E-state index in [9.17, 15) is 14.4 Å². The largest absolute Gasteiger partial charge is 0.469 e. The minimum Gasteiger partial charge on any atom is -0.469 e. The number of methoxy groups -OCH3 is 1. The Balaban J connectivity index is 2.58. The van der Waals surface area contributed by atoms with Crippen LogP contribution in [0.2, 0.25) is 0 Å². The van der Waals surface area contributed by atoms with Crippen LogP contribution in [-0.4, -0.2) is 61.5 Å². The van der Waals surface area contributed by atoms with E-state index < -0.39 is 12.0 Å². The summed E-state index contributed by atoms with van der Waals surface area (Å²) >= 11 is 0. The van der Waals surface area contributed by atoms with Crippen LogP contribution in [0.25, 0.3) is 0 Å². The van der Waals surface area contributed by atoms with Gasteiger partial charge in [0, 0.05) is 19.1 Å². The third kappa shape index (κ3) is 5.71. The topological polar surface area (TPSA) is 87.7 Å². The Morgan fingerprint density at radius 1 is 1.52 bits per heavy atom. The molecule has 0 unspecified atom stereocenters. The SMILES string of the molecule is CCC[C@@H](C)NC(=O)CN1CCNC(=O)[C@@H]1CC(=O)OC. The summed E-state index contributed by atoms with van der Waals surface area (Å²) in [6, 6.07) is -0.529. The number of carbonyl (C=O) groups is 3. The van der Waals surface area contributed by atoms with E-state index in [1.54, 1.807) is 4.90 Å². The van der Waals surface area contributed by atoms with Gasteiger partial charge in [-0.25, -0.2) is 0 Å². The maximum absolute atomic E-state index is 12.0. The Morgan fingerprint density at radius 3 is 2.86 bits per heavy atom. The fourth-order valence-corrected chi connectivity index (χ4v) is 2.42. The summed E-state index contributed by atoms with van der Waals surface area (Å²) in [5, 5.41) is 5.61. The zero-order chi connectivity index (χ0) is 15.8. The number of rotatable bonds is 7. The molecule has 21 heavy (non-hydrogen) atoms. The molecule has 0 aromatic rings. The number of nitrogens with one attached hydrogen (secondary N) is 2. The monoisotopic (exact) mass is 299 g/mol. The van der Waals surface area contributed by atoms with Crippen LogP contribution >= 0.6 is 0 Å². The van der Waals surface area contributed by atoms with Gasteiger partial charge in [-0.05, 0) is 13.3 Å². The van der Waals surface area contributed by atoms with Crippen molar-refractivity contribution in [1.82, 2.24) is 15.5 Å². The first kappa shape index (κ1) is 17.4. The molecule has 0 aliphatic carbocycles. The number of piperazine rings is 1. The molecule has 1 aliphatic heterocycles. The van der Waals surface area contributed by atoms with Crippen LogP contribution in [-0.2, 0) is 19.1 Å². The quantitative estimate of drug-likeness (QED) is 0.628. The van der Waals surface area contributed by atoms with E-state index in [0.29, 0.717) is 13.1 Å². The molecule has 0 aromatic carbocycles. The van der Waals surface area contributed by atoms with Gasteiger partial charge in [-0.3, -0.25) is 19.3 Å². The summed E-state index contributed by atoms with van der Waals surface area (Å²) < 4.78 is 4.60. The first-order chi connectivity index (χ1) is 9.97. The summed E-state index contributed by atoms with van der Waals surface area (Å²) in [5.41, 5.74) is 0. The lowest BCUT2D eigenvalue weighted by Crippen LogP contribution is -2.58. The number of esters is 1. The minimum absolute atomic E-state index is 0.0415. The minimum atomic E-state index is -0.640. The first-order valence-electron chi connectivity index (χ1n) is 7.35. The number of hydrogen-bond donors (Lipinski definition) is 2. The van der Waals surface area contributed by atoms with E-state index in [1.807, 2.05) is 6.92 Å². The van der Waals surface area contributed by atoms with Crippen LogP contribution in [0.5, 0.6) is 0 Å². The number of ether oxygens (including phenoxy) is 1. The third-order valence-corrected chi connectivity index (χ3v) is 3.51. The molecule has 1 rings (SSSR count). The first-order valence-corrected chi connectivity index (χ1v) is 7.35. The summed E-state index contributed by atoms with van der Waals surface area (Å²) in [6.07, 6.45) is 1.87. The van der Waals surface area contributed by atoms with Crippen LogP contribution in [0.1, 0.15) is 33.1 Å². The van der Waals surface area contributed by atoms with Crippen LogP contribution in [0.3, 0.4) is 0 Å². The molecule has 1 heterocycles.